The van der Waals surface area contributed by atoms with Gasteiger partial charge in [0.05, 0.1) is 12.2 Å². The Morgan fingerprint density at radius 1 is 1.47 bits per heavy atom. The molecule has 2 saturated heterocycles. The number of fused-ring (bicyclic) bond motifs is 2. The highest BCUT2D eigenvalue weighted by molar-refractivity contribution is 5.66. The van der Waals surface area contributed by atoms with Crippen LogP contribution in [-0.2, 0) is 9.53 Å². The lowest BCUT2D eigenvalue weighted by Gasteiger charge is -2.36. The van der Waals surface area contributed by atoms with Gasteiger partial charge in [-0.05, 0) is 26.2 Å². The first-order valence-corrected chi connectivity index (χ1v) is 5.76. The molecule has 3 atom stereocenters. The lowest BCUT2D eigenvalue weighted by atomic mass is 10.1. The van der Waals surface area contributed by atoms with Crippen LogP contribution in [0.2, 0.25) is 0 Å². The molecule has 0 spiro atoms. The summed E-state index contributed by atoms with van der Waals surface area (Å²) in [5.74, 6) is -0.696. The van der Waals surface area contributed by atoms with E-state index in [1.807, 2.05) is 0 Å². The fourth-order valence-electron chi connectivity index (χ4n) is 2.52. The largest absolute Gasteiger partial charge is 0.481 e. The van der Waals surface area contributed by atoms with Crippen LogP contribution >= 0.6 is 0 Å². The number of carbonyl (C=O) groups is 1. The molecule has 2 rings (SSSR count). The molecule has 15 heavy (non-hydrogen) atoms. The van der Waals surface area contributed by atoms with Crippen LogP contribution in [0.25, 0.3) is 0 Å². The minimum absolute atomic E-state index is 0.272. The normalized spacial score (nSPS) is 32.9. The maximum absolute atomic E-state index is 10.5. The van der Waals surface area contributed by atoms with Crippen molar-refractivity contribution in [1.29, 1.82) is 0 Å². The lowest BCUT2D eigenvalue weighted by Crippen LogP contribution is -2.47. The molecule has 0 aromatic heterocycles. The molecule has 1 N–H and O–H groups in total. The number of hydrogen-bond donors (Lipinski definition) is 1. The zero-order chi connectivity index (χ0) is 10.8. The van der Waals surface area contributed by atoms with Crippen LogP contribution in [0.4, 0.5) is 0 Å². The van der Waals surface area contributed by atoms with Crippen LogP contribution in [0, 0.1) is 0 Å². The van der Waals surface area contributed by atoms with Crippen molar-refractivity contribution in [2.45, 2.75) is 50.9 Å². The molecule has 2 aliphatic rings. The fraction of sp³-hybridized carbons (Fsp3) is 0.909. The molecule has 2 heterocycles. The van der Waals surface area contributed by atoms with Crippen molar-refractivity contribution in [1.82, 2.24) is 4.90 Å². The summed E-state index contributed by atoms with van der Waals surface area (Å²) in [7, 11) is 0. The van der Waals surface area contributed by atoms with E-state index in [9.17, 15) is 4.79 Å². The van der Waals surface area contributed by atoms with Gasteiger partial charge in [0.2, 0.25) is 0 Å². The molecule has 4 nitrogen and oxygen atoms in total. The van der Waals surface area contributed by atoms with Gasteiger partial charge in [-0.2, -0.15) is 0 Å². The van der Waals surface area contributed by atoms with Crippen molar-refractivity contribution in [3.05, 3.63) is 0 Å². The molecular weight excluding hydrogens is 194 g/mol. The Hall–Kier alpha value is -0.610. The molecule has 0 saturated carbocycles. The summed E-state index contributed by atoms with van der Waals surface area (Å²) >= 11 is 0. The van der Waals surface area contributed by atoms with Crippen molar-refractivity contribution in [3.63, 3.8) is 0 Å². The summed E-state index contributed by atoms with van der Waals surface area (Å²) in [4.78, 5) is 12.9. The molecular formula is C11H19NO3. The summed E-state index contributed by atoms with van der Waals surface area (Å²) in [6, 6.07) is 0.369. The van der Waals surface area contributed by atoms with Gasteiger partial charge in [-0.3, -0.25) is 9.69 Å². The van der Waals surface area contributed by atoms with Crippen molar-refractivity contribution in [3.8, 4) is 0 Å². The van der Waals surface area contributed by atoms with Gasteiger partial charge in [0.15, 0.2) is 0 Å². The zero-order valence-electron chi connectivity index (χ0n) is 9.19. The minimum atomic E-state index is -0.696. The van der Waals surface area contributed by atoms with E-state index in [-0.39, 0.29) is 6.42 Å². The predicted octanol–water partition coefficient (Wildman–Crippen LogP) is 1.10. The van der Waals surface area contributed by atoms with Crippen LogP contribution in [-0.4, -0.2) is 47.3 Å². The average molecular weight is 213 g/mol. The Balaban J connectivity index is 1.80. The van der Waals surface area contributed by atoms with E-state index in [2.05, 4.69) is 11.8 Å². The van der Waals surface area contributed by atoms with Gasteiger partial charge in [-0.1, -0.05) is 0 Å². The number of nitrogens with zero attached hydrogens (tertiary/aromatic N) is 1. The first kappa shape index (κ1) is 10.9. The number of carboxylic acids is 1. The number of morpholine rings is 1. The van der Waals surface area contributed by atoms with E-state index in [1.54, 1.807) is 0 Å². The minimum Gasteiger partial charge on any atom is -0.481 e. The quantitative estimate of drug-likeness (QED) is 0.760. The molecule has 0 amide bonds. The van der Waals surface area contributed by atoms with Gasteiger partial charge >= 0.3 is 5.97 Å². The Kier molecular flexibility index (Phi) is 3.26. The Labute approximate surface area is 90.2 Å². The van der Waals surface area contributed by atoms with E-state index in [4.69, 9.17) is 9.84 Å². The number of carboxylic acid groups (broad SMARTS) is 1. The van der Waals surface area contributed by atoms with Gasteiger partial charge in [0.25, 0.3) is 0 Å². The van der Waals surface area contributed by atoms with Gasteiger partial charge < -0.3 is 9.84 Å². The first-order chi connectivity index (χ1) is 7.15. The highest BCUT2D eigenvalue weighted by Gasteiger charge is 2.35. The smallest absolute Gasteiger partial charge is 0.303 e. The van der Waals surface area contributed by atoms with Crippen molar-refractivity contribution in [2.24, 2.45) is 0 Å². The second-order valence-electron chi connectivity index (χ2n) is 4.69. The van der Waals surface area contributed by atoms with Crippen LogP contribution < -0.4 is 0 Å². The number of rotatable bonds is 4. The average Bonchev–Trinajstić information content (AvgIpc) is 2.54. The Bertz CT molecular complexity index is 232. The summed E-state index contributed by atoms with van der Waals surface area (Å²) in [6.07, 6.45) is 4.16. The number of hydrogen-bond acceptors (Lipinski definition) is 3. The third-order valence-corrected chi connectivity index (χ3v) is 3.47. The number of aliphatic carboxylic acids is 1. The third kappa shape index (κ3) is 2.69. The number of ether oxygens (including phenoxy) is 1. The van der Waals surface area contributed by atoms with E-state index in [0.29, 0.717) is 18.2 Å². The van der Waals surface area contributed by atoms with Gasteiger partial charge in [-0.15, -0.1) is 0 Å². The molecule has 2 bridgehead atoms. The van der Waals surface area contributed by atoms with Crippen molar-refractivity contribution < 1.29 is 14.6 Å². The zero-order valence-corrected chi connectivity index (χ0v) is 9.19. The predicted molar refractivity (Wildman–Crippen MR) is 55.8 cm³/mol. The van der Waals surface area contributed by atoms with Gasteiger partial charge in [-0.25, -0.2) is 0 Å². The SMILES string of the molecule is CC(CCC(=O)O)N1CC2CCC(C1)O2. The summed E-state index contributed by atoms with van der Waals surface area (Å²) < 4.78 is 5.75. The monoisotopic (exact) mass is 213 g/mol. The van der Waals surface area contributed by atoms with Gasteiger partial charge in [0, 0.05) is 25.6 Å². The topological polar surface area (TPSA) is 49.8 Å². The molecule has 86 valence electrons. The fourth-order valence-corrected chi connectivity index (χ4v) is 2.52. The van der Waals surface area contributed by atoms with Crippen LogP contribution in [0.3, 0.4) is 0 Å². The first-order valence-electron chi connectivity index (χ1n) is 5.76. The van der Waals surface area contributed by atoms with E-state index in [0.717, 1.165) is 19.5 Å². The maximum Gasteiger partial charge on any atom is 0.303 e. The second kappa shape index (κ2) is 4.49. The van der Waals surface area contributed by atoms with Crippen molar-refractivity contribution in [2.75, 3.05) is 13.1 Å². The number of likely N-dealkylation sites (tertiary alicyclic amines) is 1. The van der Waals surface area contributed by atoms with Crippen LogP contribution in [0.1, 0.15) is 32.6 Å². The standard InChI is InChI=1S/C11H19NO3/c1-8(2-5-11(13)14)12-6-9-3-4-10(7-12)15-9/h8-10H,2-7H2,1H3,(H,13,14). The Morgan fingerprint density at radius 3 is 2.60 bits per heavy atom. The molecule has 0 aromatic rings. The molecule has 0 radical (unpaired) electrons. The third-order valence-electron chi connectivity index (χ3n) is 3.47. The molecule has 0 aromatic carbocycles. The molecule has 0 aliphatic carbocycles. The van der Waals surface area contributed by atoms with E-state index < -0.39 is 5.97 Å². The highest BCUT2D eigenvalue weighted by atomic mass is 16.5. The highest BCUT2D eigenvalue weighted by Crippen LogP contribution is 2.27. The molecule has 3 unspecified atom stereocenters. The van der Waals surface area contributed by atoms with Crippen LogP contribution in [0.15, 0.2) is 0 Å². The van der Waals surface area contributed by atoms with E-state index in [1.165, 1.54) is 12.8 Å². The summed E-state index contributed by atoms with van der Waals surface area (Å²) in [5.41, 5.74) is 0. The molecule has 2 aliphatic heterocycles. The maximum atomic E-state index is 10.5. The summed E-state index contributed by atoms with van der Waals surface area (Å²) in [5, 5.41) is 8.63. The lowest BCUT2D eigenvalue weighted by molar-refractivity contribution is -0.137. The van der Waals surface area contributed by atoms with Gasteiger partial charge in [0.1, 0.15) is 0 Å². The summed E-state index contributed by atoms with van der Waals surface area (Å²) in [6.45, 7) is 4.09. The second-order valence-corrected chi connectivity index (χ2v) is 4.69. The molecule has 2 fully saturated rings. The Morgan fingerprint density at radius 2 is 2.07 bits per heavy atom. The van der Waals surface area contributed by atoms with E-state index >= 15 is 0 Å². The van der Waals surface area contributed by atoms with Crippen molar-refractivity contribution >= 4 is 5.97 Å². The van der Waals surface area contributed by atoms with Crippen LogP contribution in [0.5, 0.6) is 0 Å². The molecule has 4 heteroatoms.